The van der Waals surface area contributed by atoms with Crippen LogP contribution in [0.5, 0.6) is 0 Å². The number of carbonyl (C=O) groups excluding carboxylic acids is 1. The third-order valence-electron chi connectivity index (χ3n) is 4.01. The van der Waals surface area contributed by atoms with Gasteiger partial charge in [-0.3, -0.25) is 4.79 Å². The van der Waals surface area contributed by atoms with Crippen LogP contribution in [0.15, 0.2) is 10.6 Å². The molecule has 0 unspecified atom stereocenters. The highest BCUT2D eigenvalue weighted by Gasteiger charge is 2.43. The molecule has 0 saturated heterocycles. The van der Waals surface area contributed by atoms with Crippen molar-refractivity contribution >= 4 is 11.7 Å². The Balaban J connectivity index is 1.99. The minimum atomic E-state index is -4.23. The first kappa shape index (κ1) is 16.8. The Morgan fingerprint density at radius 3 is 2.55 bits per heavy atom. The average molecular weight is 318 g/mol. The number of nitrogens with zero attached hydrogens (tertiary/aromatic N) is 1. The van der Waals surface area contributed by atoms with E-state index in [0.717, 1.165) is 0 Å². The second-order valence-electron chi connectivity index (χ2n) is 6.92. The highest BCUT2D eigenvalue weighted by atomic mass is 19.4. The van der Waals surface area contributed by atoms with Gasteiger partial charge in [0.1, 0.15) is 5.76 Å². The van der Waals surface area contributed by atoms with Gasteiger partial charge in [0, 0.05) is 17.4 Å². The molecule has 2 rings (SSSR count). The van der Waals surface area contributed by atoms with Gasteiger partial charge in [-0.25, -0.2) is 0 Å². The summed E-state index contributed by atoms with van der Waals surface area (Å²) < 4.78 is 43.5. The Morgan fingerprint density at radius 1 is 1.32 bits per heavy atom. The van der Waals surface area contributed by atoms with E-state index in [1.165, 1.54) is 0 Å². The van der Waals surface area contributed by atoms with Crippen LogP contribution in [0.1, 0.15) is 52.2 Å². The lowest BCUT2D eigenvalue weighted by atomic mass is 9.80. The maximum Gasteiger partial charge on any atom is 0.391 e. The molecule has 1 amide bonds. The Kier molecular flexibility index (Phi) is 4.54. The topological polar surface area (TPSA) is 55.1 Å². The maximum absolute atomic E-state index is 12.8. The summed E-state index contributed by atoms with van der Waals surface area (Å²) in [5.41, 5.74) is -0.248. The summed E-state index contributed by atoms with van der Waals surface area (Å²) in [4.78, 5) is 12.1. The lowest BCUT2D eigenvalue weighted by Crippen LogP contribution is -2.34. The molecule has 1 heterocycles. The molecule has 2 atom stereocenters. The van der Waals surface area contributed by atoms with Gasteiger partial charge in [-0.15, -0.1) is 0 Å². The number of hydrogen-bond acceptors (Lipinski definition) is 3. The van der Waals surface area contributed by atoms with E-state index in [9.17, 15) is 18.0 Å². The van der Waals surface area contributed by atoms with E-state index in [1.54, 1.807) is 6.07 Å². The van der Waals surface area contributed by atoms with Crippen molar-refractivity contribution in [1.29, 1.82) is 0 Å². The highest BCUT2D eigenvalue weighted by Crippen LogP contribution is 2.40. The average Bonchev–Trinajstić information content (AvgIpc) is 2.86. The zero-order valence-corrected chi connectivity index (χ0v) is 13.0. The van der Waals surface area contributed by atoms with Crippen LogP contribution < -0.4 is 5.32 Å². The monoisotopic (exact) mass is 318 g/mol. The molecule has 0 spiro atoms. The van der Waals surface area contributed by atoms with Crippen molar-refractivity contribution in [2.24, 2.45) is 11.8 Å². The van der Waals surface area contributed by atoms with E-state index in [4.69, 9.17) is 4.52 Å². The minimum Gasteiger partial charge on any atom is -0.359 e. The molecule has 7 heteroatoms. The number of halogens is 3. The first-order valence-electron chi connectivity index (χ1n) is 7.42. The Labute approximate surface area is 127 Å². The zero-order valence-electron chi connectivity index (χ0n) is 13.0. The predicted molar refractivity (Wildman–Crippen MR) is 75.3 cm³/mol. The molecule has 1 aromatic rings. The summed E-state index contributed by atoms with van der Waals surface area (Å²) in [6.45, 7) is 5.82. The quantitative estimate of drug-likeness (QED) is 0.885. The standard InChI is InChI=1S/C15H21F3N2O2/c1-14(2,3)11-8-12(20-22-11)19-13(21)9-5-4-6-10(7-9)15(16,17)18/h8-10H,4-7H2,1-3H3,(H,19,20,21)/t9-,10+/m0/s1. The van der Waals surface area contributed by atoms with Crippen LogP contribution >= 0.6 is 0 Å². The number of anilines is 1. The molecule has 1 N–H and O–H groups in total. The lowest BCUT2D eigenvalue weighted by Gasteiger charge is -2.29. The summed E-state index contributed by atoms with van der Waals surface area (Å²) in [5, 5.41) is 6.32. The van der Waals surface area contributed by atoms with Crippen LogP contribution in [0.25, 0.3) is 0 Å². The van der Waals surface area contributed by atoms with Crippen LogP contribution in [-0.4, -0.2) is 17.2 Å². The molecule has 1 aliphatic carbocycles. The summed E-state index contributed by atoms with van der Waals surface area (Å²) in [6, 6.07) is 1.61. The fourth-order valence-electron chi connectivity index (χ4n) is 2.64. The second-order valence-corrected chi connectivity index (χ2v) is 6.92. The predicted octanol–water partition coefficient (Wildman–Crippen LogP) is 4.28. The maximum atomic E-state index is 12.8. The number of nitrogens with one attached hydrogen (secondary N) is 1. The van der Waals surface area contributed by atoms with E-state index in [0.29, 0.717) is 18.6 Å². The van der Waals surface area contributed by atoms with Crippen LogP contribution in [-0.2, 0) is 10.2 Å². The Hall–Kier alpha value is -1.53. The van der Waals surface area contributed by atoms with Crippen LogP contribution in [0.4, 0.5) is 19.0 Å². The van der Waals surface area contributed by atoms with Crippen molar-refractivity contribution < 1.29 is 22.5 Å². The van der Waals surface area contributed by atoms with Gasteiger partial charge in [-0.2, -0.15) is 13.2 Å². The minimum absolute atomic E-state index is 0.103. The van der Waals surface area contributed by atoms with E-state index in [-0.39, 0.29) is 24.1 Å². The molecular weight excluding hydrogens is 297 g/mol. The third-order valence-corrected chi connectivity index (χ3v) is 4.01. The van der Waals surface area contributed by atoms with Crippen molar-refractivity contribution in [2.45, 2.75) is 58.0 Å². The molecule has 124 valence electrons. The molecule has 4 nitrogen and oxygen atoms in total. The molecule has 0 bridgehead atoms. The molecular formula is C15H21F3N2O2. The number of hydrogen-bond donors (Lipinski definition) is 1. The van der Waals surface area contributed by atoms with Crippen molar-refractivity contribution in [1.82, 2.24) is 5.16 Å². The molecule has 0 aromatic carbocycles. The van der Waals surface area contributed by atoms with Crippen molar-refractivity contribution in [2.75, 3.05) is 5.32 Å². The Morgan fingerprint density at radius 2 is 2.00 bits per heavy atom. The summed E-state index contributed by atoms with van der Waals surface area (Å²) >= 11 is 0. The van der Waals surface area contributed by atoms with Crippen molar-refractivity contribution in [3.05, 3.63) is 11.8 Å². The fraction of sp³-hybridized carbons (Fsp3) is 0.733. The zero-order chi connectivity index (χ0) is 16.5. The summed E-state index contributed by atoms with van der Waals surface area (Å²) in [7, 11) is 0. The molecule has 1 aromatic heterocycles. The van der Waals surface area contributed by atoms with Gasteiger partial charge in [-0.1, -0.05) is 32.3 Å². The first-order chi connectivity index (χ1) is 10.1. The number of amides is 1. The van der Waals surface area contributed by atoms with Crippen LogP contribution in [0.3, 0.4) is 0 Å². The lowest BCUT2D eigenvalue weighted by molar-refractivity contribution is -0.185. The van der Waals surface area contributed by atoms with Crippen molar-refractivity contribution in [3.8, 4) is 0 Å². The van der Waals surface area contributed by atoms with Gasteiger partial charge in [0.2, 0.25) is 5.91 Å². The van der Waals surface area contributed by atoms with E-state index >= 15 is 0 Å². The molecule has 1 saturated carbocycles. The van der Waals surface area contributed by atoms with E-state index in [1.807, 2.05) is 20.8 Å². The van der Waals surface area contributed by atoms with E-state index in [2.05, 4.69) is 10.5 Å². The normalized spacial score (nSPS) is 23.4. The smallest absolute Gasteiger partial charge is 0.359 e. The number of rotatable bonds is 2. The molecule has 1 fully saturated rings. The van der Waals surface area contributed by atoms with Gasteiger partial charge in [0.25, 0.3) is 0 Å². The molecule has 22 heavy (non-hydrogen) atoms. The van der Waals surface area contributed by atoms with Gasteiger partial charge in [-0.05, 0) is 19.3 Å². The number of alkyl halides is 3. The summed E-state index contributed by atoms with van der Waals surface area (Å²) in [6.07, 6.45) is -3.40. The summed E-state index contributed by atoms with van der Waals surface area (Å²) in [5.74, 6) is -1.57. The largest absolute Gasteiger partial charge is 0.391 e. The van der Waals surface area contributed by atoms with E-state index < -0.39 is 23.9 Å². The second kappa shape index (κ2) is 5.93. The molecule has 1 aliphatic rings. The Bertz CT molecular complexity index is 532. The van der Waals surface area contributed by atoms with Crippen LogP contribution in [0, 0.1) is 11.8 Å². The molecule has 0 radical (unpaired) electrons. The fourth-order valence-corrected chi connectivity index (χ4v) is 2.64. The molecule has 0 aliphatic heterocycles. The van der Waals surface area contributed by atoms with Gasteiger partial charge in [0.15, 0.2) is 5.82 Å². The SMILES string of the molecule is CC(C)(C)c1cc(NC(=O)[C@H]2CCC[C@@H](C(F)(F)F)C2)no1. The first-order valence-corrected chi connectivity index (χ1v) is 7.42. The number of aromatic nitrogens is 1. The van der Waals surface area contributed by atoms with Crippen molar-refractivity contribution in [3.63, 3.8) is 0 Å². The van der Waals surface area contributed by atoms with Crippen LogP contribution in [0.2, 0.25) is 0 Å². The highest BCUT2D eigenvalue weighted by molar-refractivity contribution is 5.91. The van der Waals surface area contributed by atoms with Gasteiger partial charge in [0.05, 0.1) is 5.92 Å². The number of carbonyl (C=O) groups is 1. The van der Waals surface area contributed by atoms with Gasteiger partial charge >= 0.3 is 6.18 Å². The van der Waals surface area contributed by atoms with Gasteiger partial charge < -0.3 is 9.84 Å². The third kappa shape index (κ3) is 4.01.